The zero-order chi connectivity index (χ0) is 22.5. The van der Waals surface area contributed by atoms with Crippen LogP contribution in [-0.4, -0.2) is 55.1 Å². The molecule has 0 bridgehead atoms. The molecule has 166 valence electrons. The van der Waals surface area contributed by atoms with E-state index in [1.807, 2.05) is 24.3 Å². The lowest BCUT2D eigenvalue weighted by atomic mass is 10.2. The Balaban J connectivity index is 1.31. The van der Waals surface area contributed by atoms with Crippen molar-refractivity contribution in [1.29, 1.82) is 0 Å². The number of methoxy groups -OCH3 is 1. The molecule has 0 aliphatic carbocycles. The number of carbonyl (C=O) groups excluding carboxylic acids is 2. The number of thiazole rings is 1. The number of amides is 3. The summed E-state index contributed by atoms with van der Waals surface area (Å²) in [5.41, 5.74) is 1.80. The highest BCUT2D eigenvalue weighted by atomic mass is 32.1. The number of benzene rings is 2. The van der Waals surface area contributed by atoms with Gasteiger partial charge in [0.05, 0.1) is 7.11 Å². The van der Waals surface area contributed by atoms with Crippen LogP contribution in [0.4, 0.5) is 25.7 Å². The minimum Gasteiger partial charge on any atom is -0.497 e. The van der Waals surface area contributed by atoms with Crippen LogP contribution in [0, 0.1) is 5.82 Å². The summed E-state index contributed by atoms with van der Waals surface area (Å²) >= 11 is 1.17. The summed E-state index contributed by atoms with van der Waals surface area (Å²) in [6, 6.07) is 12.7. The van der Waals surface area contributed by atoms with E-state index >= 15 is 0 Å². The van der Waals surface area contributed by atoms with Gasteiger partial charge in [-0.05, 0) is 36.4 Å². The fourth-order valence-electron chi connectivity index (χ4n) is 3.36. The van der Waals surface area contributed by atoms with Crippen LogP contribution in [0.5, 0.6) is 5.75 Å². The van der Waals surface area contributed by atoms with Crippen molar-refractivity contribution in [3.05, 3.63) is 65.4 Å². The normalized spacial score (nSPS) is 13.6. The molecule has 0 radical (unpaired) electrons. The third kappa shape index (κ3) is 5.14. The molecule has 2 heterocycles. The number of ether oxygens (including phenoxy) is 1. The van der Waals surface area contributed by atoms with E-state index in [0.29, 0.717) is 42.7 Å². The Kier molecular flexibility index (Phi) is 6.50. The number of halogens is 1. The Labute approximate surface area is 188 Å². The average molecular weight is 456 g/mol. The minimum atomic E-state index is -0.517. The summed E-state index contributed by atoms with van der Waals surface area (Å²) < 4.78 is 18.2. The first kappa shape index (κ1) is 21.6. The molecular weight excluding hydrogens is 433 g/mol. The summed E-state index contributed by atoms with van der Waals surface area (Å²) in [6.45, 7) is 2.55. The molecule has 32 heavy (non-hydrogen) atoms. The summed E-state index contributed by atoms with van der Waals surface area (Å²) in [7, 11) is 1.64. The van der Waals surface area contributed by atoms with Crippen molar-refractivity contribution in [2.24, 2.45) is 0 Å². The fourth-order valence-corrected chi connectivity index (χ4v) is 4.04. The van der Waals surface area contributed by atoms with E-state index in [4.69, 9.17) is 4.74 Å². The molecule has 0 atom stereocenters. The summed E-state index contributed by atoms with van der Waals surface area (Å²) in [4.78, 5) is 33.2. The van der Waals surface area contributed by atoms with Crippen LogP contribution in [0.15, 0.2) is 53.9 Å². The highest BCUT2D eigenvalue weighted by Gasteiger charge is 2.24. The van der Waals surface area contributed by atoms with Crippen LogP contribution >= 0.6 is 11.3 Å². The number of nitrogens with zero attached hydrogens (tertiary/aromatic N) is 3. The van der Waals surface area contributed by atoms with Gasteiger partial charge >= 0.3 is 6.03 Å². The smallest absolute Gasteiger partial charge is 0.325 e. The first-order valence-corrected chi connectivity index (χ1v) is 10.9. The molecule has 0 unspecified atom stereocenters. The van der Waals surface area contributed by atoms with Crippen LogP contribution in [0.3, 0.4) is 0 Å². The Morgan fingerprint density at radius 1 is 1.06 bits per heavy atom. The first-order valence-electron chi connectivity index (χ1n) is 9.99. The number of hydrogen-bond acceptors (Lipinski definition) is 6. The molecule has 1 aliphatic rings. The quantitative estimate of drug-likeness (QED) is 0.610. The number of rotatable bonds is 5. The van der Waals surface area contributed by atoms with Gasteiger partial charge in [-0.3, -0.25) is 10.1 Å². The highest BCUT2D eigenvalue weighted by Crippen LogP contribution is 2.23. The average Bonchev–Trinajstić information content (AvgIpc) is 3.28. The summed E-state index contributed by atoms with van der Waals surface area (Å²) in [5.74, 6) is 0.244. The molecule has 1 aromatic heterocycles. The molecular formula is C22H22FN5O3S. The second-order valence-corrected chi connectivity index (χ2v) is 7.96. The Morgan fingerprint density at radius 3 is 2.53 bits per heavy atom. The van der Waals surface area contributed by atoms with Crippen molar-refractivity contribution in [3.8, 4) is 5.75 Å². The van der Waals surface area contributed by atoms with E-state index < -0.39 is 6.03 Å². The minimum absolute atomic E-state index is 0.168. The van der Waals surface area contributed by atoms with Gasteiger partial charge in [0.2, 0.25) is 0 Å². The molecule has 0 saturated carbocycles. The molecule has 3 aromatic rings. The third-order valence-corrected chi connectivity index (χ3v) is 5.79. The molecule has 10 heteroatoms. The van der Waals surface area contributed by atoms with E-state index in [0.717, 1.165) is 11.4 Å². The lowest BCUT2D eigenvalue weighted by molar-refractivity contribution is 0.0741. The molecule has 1 saturated heterocycles. The van der Waals surface area contributed by atoms with Gasteiger partial charge in [-0.15, -0.1) is 11.3 Å². The number of hydrogen-bond donors (Lipinski definition) is 2. The number of anilines is 3. The second-order valence-electron chi connectivity index (χ2n) is 7.10. The maximum absolute atomic E-state index is 13.0. The lowest BCUT2D eigenvalue weighted by Crippen LogP contribution is -2.48. The van der Waals surface area contributed by atoms with Gasteiger partial charge in [0.15, 0.2) is 5.13 Å². The molecule has 0 spiro atoms. The molecule has 2 aromatic carbocycles. The van der Waals surface area contributed by atoms with Crippen LogP contribution < -0.4 is 20.3 Å². The zero-order valence-corrected chi connectivity index (χ0v) is 18.2. The van der Waals surface area contributed by atoms with Gasteiger partial charge in [0.1, 0.15) is 17.3 Å². The summed E-state index contributed by atoms with van der Waals surface area (Å²) in [6.07, 6.45) is 0. The molecule has 1 fully saturated rings. The monoisotopic (exact) mass is 455 g/mol. The third-order valence-electron chi connectivity index (χ3n) is 5.03. The summed E-state index contributed by atoms with van der Waals surface area (Å²) in [5, 5.41) is 7.12. The van der Waals surface area contributed by atoms with Crippen LogP contribution in [0.25, 0.3) is 0 Å². The van der Waals surface area contributed by atoms with Crippen LogP contribution in [-0.2, 0) is 0 Å². The van der Waals surface area contributed by atoms with E-state index in [1.54, 1.807) is 17.4 Å². The van der Waals surface area contributed by atoms with E-state index in [1.165, 1.54) is 35.6 Å². The second kappa shape index (κ2) is 9.65. The standard InChI is InChI=1S/C22H22FN5O3S/c1-31-18-4-2-3-17(13-18)27-9-11-28(12-10-27)20(29)19-14-32-22(25-19)26-21(30)24-16-7-5-15(23)6-8-16/h2-8,13-14H,9-12H2,1H3,(H2,24,25,26,30). The predicted molar refractivity (Wildman–Crippen MR) is 122 cm³/mol. The molecule has 2 N–H and O–H groups in total. The van der Waals surface area contributed by atoms with E-state index in [2.05, 4.69) is 20.5 Å². The number of carbonyl (C=O) groups is 2. The Morgan fingerprint density at radius 2 is 1.81 bits per heavy atom. The van der Waals surface area contributed by atoms with Crippen molar-refractivity contribution >= 4 is 39.8 Å². The molecule has 1 aliphatic heterocycles. The fraction of sp³-hybridized carbons (Fsp3) is 0.227. The molecule has 8 nitrogen and oxygen atoms in total. The van der Waals surface area contributed by atoms with E-state index in [9.17, 15) is 14.0 Å². The van der Waals surface area contributed by atoms with Gasteiger partial charge in [-0.2, -0.15) is 0 Å². The molecule has 3 amide bonds. The van der Waals surface area contributed by atoms with Crippen molar-refractivity contribution in [2.45, 2.75) is 0 Å². The topological polar surface area (TPSA) is 86.8 Å². The first-order chi connectivity index (χ1) is 15.5. The van der Waals surface area contributed by atoms with Gasteiger partial charge < -0.3 is 19.9 Å². The SMILES string of the molecule is COc1cccc(N2CCN(C(=O)c3csc(NC(=O)Nc4ccc(F)cc4)n3)CC2)c1. The van der Waals surface area contributed by atoms with Crippen molar-refractivity contribution in [3.63, 3.8) is 0 Å². The van der Waals surface area contributed by atoms with Gasteiger partial charge in [0, 0.05) is 49.0 Å². The number of aromatic nitrogens is 1. The number of nitrogens with one attached hydrogen (secondary N) is 2. The Hall–Kier alpha value is -3.66. The largest absolute Gasteiger partial charge is 0.497 e. The Bertz CT molecular complexity index is 1100. The van der Waals surface area contributed by atoms with Crippen LogP contribution in [0.1, 0.15) is 10.5 Å². The van der Waals surface area contributed by atoms with Gasteiger partial charge in [-0.1, -0.05) is 6.07 Å². The molecule has 4 rings (SSSR count). The number of urea groups is 1. The predicted octanol–water partition coefficient (Wildman–Crippen LogP) is 3.90. The van der Waals surface area contributed by atoms with E-state index in [-0.39, 0.29) is 11.7 Å². The maximum Gasteiger partial charge on any atom is 0.325 e. The van der Waals surface area contributed by atoms with Crippen LogP contribution in [0.2, 0.25) is 0 Å². The zero-order valence-electron chi connectivity index (χ0n) is 17.4. The lowest BCUT2D eigenvalue weighted by Gasteiger charge is -2.35. The number of piperazine rings is 1. The van der Waals surface area contributed by atoms with Gasteiger partial charge in [-0.25, -0.2) is 14.2 Å². The van der Waals surface area contributed by atoms with Crippen molar-refractivity contribution < 1.29 is 18.7 Å². The van der Waals surface area contributed by atoms with Crippen molar-refractivity contribution in [1.82, 2.24) is 9.88 Å². The maximum atomic E-state index is 13.0. The van der Waals surface area contributed by atoms with Gasteiger partial charge in [0.25, 0.3) is 5.91 Å². The van der Waals surface area contributed by atoms with Crippen molar-refractivity contribution in [2.75, 3.05) is 48.8 Å². The highest BCUT2D eigenvalue weighted by molar-refractivity contribution is 7.14.